The van der Waals surface area contributed by atoms with Gasteiger partial charge in [0.15, 0.2) is 0 Å². The van der Waals surface area contributed by atoms with Gasteiger partial charge in [-0.25, -0.2) is 0 Å². The molecule has 0 aliphatic carbocycles. The summed E-state index contributed by atoms with van der Waals surface area (Å²) in [5.74, 6) is 0.980. The summed E-state index contributed by atoms with van der Waals surface area (Å²) in [4.78, 5) is 0. The van der Waals surface area contributed by atoms with Gasteiger partial charge in [0.2, 0.25) is 0 Å². The first-order chi connectivity index (χ1) is 8.90. The smallest absolute Gasteiger partial charge is 0.0408 e. The molecule has 0 spiro atoms. The van der Waals surface area contributed by atoms with Crippen molar-refractivity contribution in [2.75, 3.05) is 13.1 Å². The third kappa shape index (κ3) is 3.71. The summed E-state index contributed by atoms with van der Waals surface area (Å²) in [7, 11) is 0. The second-order valence-corrected chi connectivity index (χ2v) is 7.28. The van der Waals surface area contributed by atoms with Crippen LogP contribution in [-0.4, -0.2) is 19.1 Å². The molecule has 1 aromatic carbocycles. The normalized spacial score (nSPS) is 27.7. The predicted molar refractivity (Wildman–Crippen MR) is 82.6 cm³/mol. The van der Waals surface area contributed by atoms with Crippen molar-refractivity contribution in [3.63, 3.8) is 0 Å². The molecule has 1 aliphatic heterocycles. The highest BCUT2D eigenvalue weighted by atomic mass is 35.5. The van der Waals surface area contributed by atoms with Crippen molar-refractivity contribution in [2.24, 2.45) is 17.1 Å². The first-order valence-electron chi connectivity index (χ1n) is 7.09. The van der Waals surface area contributed by atoms with Crippen LogP contribution in [0.2, 0.25) is 5.02 Å². The van der Waals surface area contributed by atoms with Gasteiger partial charge >= 0.3 is 0 Å². The second-order valence-electron chi connectivity index (χ2n) is 6.84. The number of nitrogens with one attached hydrogen (secondary N) is 1. The molecule has 1 fully saturated rings. The SMILES string of the molecule is CC(C)(C)C[C@@H]1NC[C@H](c2cccc(Cl)c2)[C@@H]1CN. The van der Waals surface area contributed by atoms with Gasteiger partial charge in [0.05, 0.1) is 0 Å². The molecule has 106 valence electrons. The minimum absolute atomic E-state index is 0.328. The highest BCUT2D eigenvalue weighted by molar-refractivity contribution is 6.30. The van der Waals surface area contributed by atoms with E-state index in [0.29, 0.717) is 23.3 Å². The number of hydrogen-bond donors (Lipinski definition) is 2. The summed E-state index contributed by atoms with van der Waals surface area (Å²) in [6.45, 7) is 8.59. The van der Waals surface area contributed by atoms with Crippen LogP contribution in [0, 0.1) is 11.3 Å². The van der Waals surface area contributed by atoms with Gasteiger partial charge in [-0.05, 0) is 42.0 Å². The van der Waals surface area contributed by atoms with Gasteiger partial charge in [0.1, 0.15) is 0 Å². The molecule has 0 unspecified atom stereocenters. The summed E-state index contributed by atoms with van der Waals surface area (Å²) in [6.07, 6.45) is 1.16. The van der Waals surface area contributed by atoms with Crippen LogP contribution in [0.3, 0.4) is 0 Å². The summed E-state index contributed by atoms with van der Waals surface area (Å²) in [6, 6.07) is 8.71. The van der Waals surface area contributed by atoms with Gasteiger partial charge in [-0.3, -0.25) is 0 Å². The fourth-order valence-corrected chi connectivity index (χ4v) is 3.37. The quantitative estimate of drug-likeness (QED) is 0.890. The molecule has 0 bridgehead atoms. The zero-order valence-corrected chi connectivity index (χ0v) is 12.9. The summed E-state index contributed by atoms with van der Waals surface area (Å²) < 4.78 is 0. The van der Waals surface area contributed by atoms with Gasteiger partial charge < -0.3 is 11.1 Å². The molecule has 0 radical (unpaired) electrons. The van der Waals surface area contributed by atoms with Crippen molar-refractivity contribution in [3.05, 3.63) is 34.9 Å². The molecule has 1 aromatic rings. The number of rotatable bonds is 3. The molecule has 0 saturated carbocycles. The van der Waals surface area contributed by atoms with E-state index in [1.54, 1.807) is 0 Å². The Morgan fingerprint density at radius 1 is 1.37 bits per heavy atom. The van der Waals surface area contributed by atoms with E-state index >= 15 is 0 Å². The Bertz CT molecular complexity index is 425. The number of nitrogens with two attached hydrogens (primary N) is 1. The Kier molecular flexibility index (Phi) is 4.54. The van der Waals surface area contributed by atoms with Gasteiger partial charge in [-0.1, -0.05) is 44.5 Å². The van der Waals surface area contributed by atoms with Crippen LogP contribution in [0.4, 0.5) is 0 Å². The molecule has 0 amide bonds. The first-order valence-corrected chi connectivity index (χ1v) is 7.47. The maximum Gasteiger partial charge on any atom is 0.0408 e. The number of benzene rings is 1. The monoisotopic (exact) mass is 280 g/mol. The standard InChI is InChI=1S/C16H25ClN2/c1-16(2,3)8-15-13(9-18)14(10-19-15)11-5-4-6-12(17)7-11/h4-7,13-15,19H,8-10,18H2,1-3H3/t13-,14+,15-/m0/s1. The van der Waals surface area contributed by atoms with E-state index in [1.165, 1.54) is 5.56 Å². The lowest BCUT2D eigenvalue weighted by molar-refractivity contribution is 0.283. The largest absolute Gasteiger partial charge is 0.330 e. The average Bonchev–Trinajstić information content (AvgIpc) is 2.69. The lowest BCUT2D eigenvalue weighted by Gasteiger charge is -2.28. The van der Waals surface area contributed by atoms with E-state index in [0.717, 1.165) is 24.5 Å². The Morgan fingerprint density at radius 2 is 2.11 bits per heavy atom. The summed E-state index contributed by atoms with van der Waals surface area (Å²) in [5.41, 5.74) is 7.68. The molecule has 2 nitrogen and oxygen atoms in total. The van der Waals surface area contributed by atoms with Gasteiger partial charge in [0, 0.05) is 23.5 Å². The third-order valence-corrected chi connectivity index (χ3v) is 4.25. The van der Waals surface area contributed by atoms with E-state index in [1.807, 2.05) is 12.1 Å². The topological polar surface area (TPSA) is 38.0 Å². The zero-order valence-electron chi connectivity index (χ0n) is 12.1. The molecule has 1 heterocycles. The number of halogens is 1. The van der Waals surface area contributed by atoms with Crippen molar-refractivity contribution in [1.82, 2.24) is 5.32 Å². The van der Waals surface area contributed by atoms with Crippen LogP contribution in [0.25, 0.3) is 0 Å². The number of hydrogen-bond acceptors (Lipinski definition) is 2. The van der Waals surface area contributed by atoms with Crippen molar-refractivity contribution < 1.29 is 0 Å². The van der Waals surface area contributed by atoms with Crippen LogP contribution in [0.15, 0.2) is 24.3 Å². The van der Waals surface area contributed by atoms with E-state index < -0.39 is 0 Å². The van der Waals surface area contributed by atoms with Crippen LogP contribution >= 0.6 is 11.6 Å². The third-order valence-electron chi connectivity index (χ3n) is 4.01. The molecule has 19 heavy (non-hydrogen) atoms. The minimum Gasteiger partial charge on any atom is -0.330 e. The van der Waals surface area contributed by atoms with Crippen molar-refractivity contribution in [2.45, 2.75) is 39.2 Å². The average molecular weight is 281 g/mol. The lowest BCUT2D eigenvalue weighted by atomic mass is 9.79. The summed E-state index contributed by atoms with van der Waals surface area (Å²) >= 11 is 6.11. The second kappa shape index (κ2) is 5.82. The summed E-state index contributed by atoms with van der Waals surface area (Å²) in [5, 5.41) is 4.47. The maximum absolute atomic E-state index is 6.11. The molecule has 0 aromatic heterocycles. The van der Waals surface area contributed by atoms with Gasteiger partial charge in [-0.15, -0.1) is 0 Å². The van der Waals surface area contributed by atoms with E-state index in [-0.39, 0.29) is 0 Å². The molecule has 2 rings (SSSR count). The minimum atomic E-state index is 0.328. The fraction of sp³-hybridized carbons (Fsp3) is 0.625. The highest BCUT2D eigenvalue weighted by Crippen LogP contribution is 2.36. The van der Waals surface area contributed by atoms with Crippen molar-refractivity contribution in [1.29, 1.82) is 0 Å². The molecular weight excluding hydrogens is 256 g/mol. The Balaban J connectivity index is 2.15. The maximum atomic E-state index is 6.11. The van der Waals surface area contributed by atoms with E-state index in [9.17, 15) is 0 Å². The molecule has 3 heteroatoms. The van der Waals surface area contributed by atoms with Gasteiger partial charge in [-0.2, -0.15) is 0 Å². The van der Waals surface area contributed by atoms with Crippen LogP contribution in [-0.2, 0) is 0 Å². The van der Waals surface area contributed by atoms with E-state index in [4.69, 9.17) is 17.3 Å². The molecule has 1 aliphatic rings. The molecule has 3 atom stereocenters. The van der Waals surface area contributed by atoms with Gasteiger partial charge in [0.25, 0.3) is 0 Å². The van der Waals surface area contributed by atoms with Crippen LogP contribution < -0.4 is 11.1 Å². The van der Waals surface area contributed by atoms with Crippen molar-refractivity contribution >= 4 is 11.6 Å². The first kappa shape index (κ1) is 14.8. The molecule has 1 saturated heterocycles. The Morgan fingerprint density at radius 3 is 2.68 bits per heavy atom. The van der Waals surface area contributed by atoms with E-state index in [2.05, 4.69) is 38.2 Å². The van der Waals surface area contributed by atoms with Crippen LogP contribution in [0.1, 0.15) is 38.7 Å². The Labute approximate surface area is 121 Å². The highest BCUT2D eigenvalue weighted by Gasteiger charge is 2.37. The predicted octanol–water partition coefficient (Wildman–Crippen LogP) is 3.41. The molecular formula is C16H25ClN2. The van der Waals surface area contributed by atoms with Crippen LogP contribution in [0.5, 0.6) is 0 Å². The zero-order chi connectivity index (χ0) is 14.0. The Hall–Kier alpha value is -0.570. The molecule has 3 N–H and O–H groups in total. The fourth-order valence-electron chi connectivity index (χ4n) is 3.18. The van der Waals surface area contributed by atoms with Crippen molar-refractivity contribution in [3.8, 4) is 0 Å². The lowest BCUT2D eigenvalue weighted by Crippen LogP contribution is -2.35.